The Morgan fingerprint density at radius 3 is 1.96 bits per heavy atom. The van der Waals surface area contributed by atoms with Crippen molar-refractivity contribution >= 4 is 70.8 Å². The summed E-state index contributed by atoms with van der Waals surface area (Å²) in [6.07, 6.45) is 2.48. The first-order chi connectivity index (χ1) is 37.4. The Morgan fingerprint density at radius 2 is 1.37 bits per heavy atom. The van der Waals surface area contributed by atoms with Crippen molar-refractivity contribution in [3.8, 4) is 5.75 Å². The van der Waals surface area contributed by atoms with E-state index in [2.05, 4.69) is 52.2 Å². The third-order valence-electron chi connectivity index (χ3n) is 13.2. The van der Waals surface area contributed by atoms with Crippen molar-refractivity contribution in [3.63, 3.8) is 0 Å². The Hall–Kier alpha value is -8.78. The van der Waals surface area contributed by atoms with Gasteiger partial charge in [-0.2, -0.15) is 0 Å². The van der Waals surface area contributed by atoms with E-state index in [4.69, 9.17) is 17.2 Å². The maximum Gasteiger partial charge on any atom is 0.326 e. The number of nitrogens with two attached hydrogens (primary N) is 3. The number of hydrogen-bond acceptors (Lipinski definition) is 14. The van der Waals surface area contributed by atoms with Crippen LogP contribution < -0.4 is 54.4 Å². The minimum atomic E-state index is -1.58. The first-order valence-corrected chi connectivity index (χ1v) is 25.9. The van der Waals surface area contributed by atoms with Gasteiger partial charge in [-0.1, -0.05) is 70.5 Å². The zero-order valence-corrected chi connectivity index (χ0v) is 44.8. The molecule has 0 spiro atoms. The van der Waals surface area contributed by atoms with Gasteiger partial charge in [-0.05, 0) is 60.8 Å². The summed E-state index contributed by atoms with van der Waals surface area (Å²) in [5, 5.41) is 47.7. The largest absolute Gasteiger partial charge is 0.506 e. The van der Waals surface area contributed by atoms with Gasteiger partial charge in [0.15, 0.2) is 5.96 Å². The van der Waals surface area contributed by atoms with Crippen LogP contribution in [0.25, 0.3) is 0 Å². The Morgan fingerprint density at radius 1 is 0.747 bits per heavy atom. The van der Waals surface area contributed by atoms with E-state index in [0.717, 1.165) is 6.92 Å². The molecule has 1 aromatic heterocycles. The molecule has 0 aliphatic carbocycles. The van der Waals surface area contributed by atoms with Crippen molar-refractivity contribution in [2.45, 2.75) is 141 Å². The number of phenols is 1. The van der Waals surface area contributed by atoms with Gasteiger partial charge in [0.25, 0.3) is 0 Å². The quantitative estimate of drug-likeness (QED) is 0.00897. The van der Waals surface area contributed by atoms with E-state index >= 15 is 0 Å². The zero-order chi connectivity index (χ0) is 58.5. The lowest BCUT2D eigenvalue weighted by atomic mass is 9.96. The minimum absolute atomic E-state index is 0.0137. The van der Waals surface area contributed by atoms with Crippen LogP contribution in [0.1, 0.15) is 90.0 Å². The van der Waals surface area contributed by atoms with E-state index in [9.17, 15) is 63.3 Å². The Kier molecular flexibility index (Phi) is 24.0. The number of hydrogen-bond donors (Lipinski definition) is 14. The molecule has 0 unspecified atom stereocenters. The fourth-order valence-corrected chi connectivity index (χ4v) is 8.75. The molecule has 1 aliphatic heterocycles. The molecule has 79 heavy (non-hydrogen) atoms. The number of aromatic amines is 1. The molecule has 4 rings (SSSR count). The molecular formula is C52H74N14O13. The van der Waals surface area contributed by atoms with Gasteiger partial charge < -0.3 is 79.6 Å². The predicted octanol–water partition coefficient (Wildman–Crippen LogP) is -1.56. The number of nitrogen functional groups attached to an aromatic ring is 1. The molecule has 17 N–H and O–H groups in total. The van der Waals surface area contributed by atoms with Gasteiger partial charge in [-0.15, -0.1) is 0 Å². The molecule has 1 fully saturated rings. The highest BCUT2D eigenvalue weighted by Crippen LogP contribution is 2.23. The number of carboxylic acids is 2. The number of nitrogens with zero attached hydrogens (tertiary/aromatic N) is 3. The zero-order valence-electron chi connectivity index (χ0n) is 44.8. The number of nitrogens with one attached hydrogen (secondary N) is 8. The number of anilines is 1. The number of guanidine groups is 1. The first kappa shape index (κ1) is 62.8. The van der Waals surface area contributed by atoms with E-state index in [1.807, 2.05) is 0 Å². The van der Waals surface area contributed by atoms with E-state index in [1.165, 1.54) is 35.6 Å². The smallest absolute Gasteiger partial charge is 0.326 e. The lowest BCUT2D eigenvalue weighted by Crippen LogP contribution is -2.62. The number of aromatic nitrogens is 2. The molecule has 2 aromatic carbocycles. The second kappa shape index (κ2) is 30.2. The van der Waals surface area contributed by atoms with Crippen molar-refractivity contribution in [3.05, 3.63) is 77.9 Å². The second-order valence-corrected chi connectivity index (χ2v) is 19.7. The molecule has 0 bridgehead atoms. The molecule has 3 aromatic rings. The summed E-state index contributed by atoms with van der Waals surface area (Å²) >= 11 is 0. The van der Waals surface area contributed by atoms with Crippen LogP contribution in [0.2, 0.25) is 0 Å². The lowest BCUT2D eigenvalue weighted by Gasteiger charge is -2.32. The number of aromatic hydroxyl groups is 1. The van der Waals surface area contributed by atoms with Crippen LogP contribution in [-0.4, -0.2) is 157 Å². The van der Waals surface area contributed by atoms with Crippen LogP contribution in [0, 0.1) is 11.8 Å². The maximum absolute atomic E-state index is 14.7. The highest BCUT2D eigenvalue weighted by Gasteiger charge is 2.41. The summed E-state index contributed by atoms with van der Waals surface area (Å²) in [5.74, 6) is -11.1. The lowest BCUT2D eigenvalue weighted by molar-refractivity contribution is -0.145. The van der Waals surface area contributed by atoms with Crippen LogP contribution in [0.4, 0.5) is 5.69 Å². The molecule has 1 aliphatic rings. The van der Waals surface area contributed by atoms with E-state index in [0.29, 0.717) is 29.7 Å². The van der Waals surface area contributed by atoms with Crippen LogP contribution in [0.3, 0.4) is 0 Å². The van der Waals surface area contributed by atoms with Crippen molar-refractivity contribution < 1.29 is 63.3 Å². The number of carbonyl (C=O) groups excluding carboxylic acids is 8. The van der Waals surface area contributed by atoms with Crippen LogP contribution >= 0.6 is 0 Å². The van der Waals surface area contributed by atoms with Gasteiger partial charge in [0.05, 0.1) is 18.4 Å². The number of carbonyl (C=O) groups is 10. The Labute approximate surface area is 456 Å². The molecule has 27 nitrogen and oxygen atoms in total. The summed E-state index contributed by atoms with van der Waals surface area (Å²) in [5.41, 5.74) is 18.3. The number of benzene rings is 2. The number of rotatable bonds is 30. The number of imidazole rings is 1. The number of likely N-dealkylation sites (tertiary alicyclic amines) is 1. The number of phenolic OH excluding ortho intramolecular Hbond substituents is 1. The maximum atomic E-state index is 14.7. The second-order valence-electron chi connectivity index (χ2n) is 19.7. The molecular weight excluding hydrogens is 1030 g/mol. The molecule has 430 valence electrons. The Bertz CT molecular complexity index is 2630. The summed E-state index contributed by atoms with van der Waals surface area (Å²) in [7, 11) is 0. The average Bonchev–Trinajstić information content (AvgIpc) is 4.11. The number of amides is 8. The molecule has 27 heteroatoms. The van der Waals surface area contributed by atoms with Crippen molar-refractivity contribution in [1.82, 2.24) is 52.1 Å². The fourth-order valence-electron chi connectivity index (χ4n) is 8.75. The van der Waals surface area contributed by atoms with Crippen LogP contribution in [0.15, 0.2) is 66.0 Å². The van der Waals surface area contributed by atoms with Gasteiger partial charge in [-0.3, -0.25) is 48.1 Å². The molecule has 1 saturated heterocycles. The molecule has 9 atom stereocenters. The van der Waals surface area contributed by atoms with Gasteiger partial charge in [0.2, 0.25) is 47.3 Å². The highest BCUT2D eigenvalue weighted by molar-refractivity contribution is 5.98. The van der Waals surface area contributed by atoms with E-state index in [-0.39, 0.29) is 69.0 Å². The van der Waals surface area contributed by atoms with Gasteiger partial charge >= 0.3 is 11.9 Å². The molecule has 2 heterocycles. The fraction of sp³-hybridized carbons (Fsp3) is 0.500. The first-order valence-electron chi connectivity index (χ1n) is 25.9. The van der Waals surface area contributed by atoms with Gasteiger partial charge in [-0.25, -0.2) is 9.78 Å². The van der Waals surface area contributed by atoms with Crippen LogP contribution in [-0.2, 0) is 67.2 Å². The summed E-state index contributed by atoms with van der Waals surface area (Å²) < 4.78 is 0. The van der Waals surface area contributed by atoms with Crippen LogP contribution in [0.5, 0.6) is 5.75 Å². The number of aliphatic imine (C=N–C) groups is 1. The minimum Gasteiger partial charge on any atom is -0.506 e. The van der Waals surface area contributed by atoms with Crippen molar-refractivity contribution in [2.75, 3.05) is 18.8 Å². The monoisotopic (exact) mass is 1100 g/mol. The molecule has 0 radical (unpaired) electrons. The number of H-pyrrole nitrogens is 1. The van der Waals surface area contributed by atoms with Gasteiger partial charge in [0.1, 0.15) is 54.1 Å². The molecule has 0 saturated carbocycles. The third-order valence-corrected chi connectivity index (χ3v) is 13.2. The predicted molar refractivity (Wildman–Crippen MR) is 287 cm³/mol. The third kappa shape index (κ3) is 19.6. The number of aliphatic carboxylic acids is 2. The average molecular weight is 1110 g/mol. The summed E-state index contributed by atoms with van der Waals surface area (Å²) in [4.78, 5) is 147. The molecule has 8 amide bonds. The number of carboxylic acid groups (broad SMARTS) is 2. The standard InChI is InChI=1S/C52H74N14O13/c1-6-28(4)43(49(76)62-37(23-32-25-56-26-58-32)50(77)66-19-11-15-39(66)47(74)63-38(51(78)79)21-30-12-8-7-9-13-30)65-46(73)35(22-31-16-17-40(68)33(53)20-31)61-48(75)42(27(2)3)64-44(71)34(14-10-18-57-52(54)55)60-45(72)36(24-41(69)70)59-29(5)67/h7-9,12-13,16-17,20,25-28,34-39,42-43,68H,6,10-11,14-15,18-19,21-24,53H2,1-5H3,(H,56,58)(H,59,67)(H,60,72)(H,61,75)(H,62,76)(H,63,74)(H,64,71)(H,65,73)(H,69,70)(H,78,79)(H4,54,55,57)/t28-,34-,35-,36-,37-,38-,39-,42-,43-/m0/s1/i5+1,29+1. The van der Waals surface area contributed by atoms with Gasteiger partial charge in [0, 0.05) is 51.2 Å². The van der Waals surface area contributed by atoms with Crippen molar-refractivity contribution in [2.24, 2.45) is 28.3 Å². The summed E-state index contributed by atoms with van der Waals surface area (Å²) in [6.45, 7) is 7.81. The Balaban J connectivity index is 1.62. The SMILES string of the molecule is CC[C@H](C)[C@H](NC(=O)[C@H](Cc1ccc(O)c(N)c1)NC(=O)[C@@H](NC(=O)[C@H](CCCN=C(N)N)NC(=O)[C@H](CC(=O)O)N[13C]([13CH3])=O)C(C)C)C(=O)N[C@@H](Cc1cnc[nH]1)C(=O)N1CCC[C@H]1C(=O)N[C@@H](Cc1ccccc1)C(=O)O. The normalized spacial score (nSPS) is 16.0. The van der Waals surface area contributed by atoms with E-state index in [1.54, 1.807) is 58.0 Å². The topological polar surface area (TPSA) is 438 Å². The van der Waals surface area contributed by atoms with E-state index < -0.39 is 126 Å². The van der Waals surface area contributed by atoms with Crippen molar-refractivity contribution in [1.29, 1.82) is 0 Å². The highest BCUT2D eigenvalue weighted by atomic mass is 16.4. The summed E-state index contributed by atoms with van der Waals surface area (Å²) in [6, 6.07) is 1.79.